The molecule has 0 spiro atoms. The lowest BCUT2D eigenvalue weighted by molar-refractivity contribution is -0.136. The van der Waals surface area contributed by atoms with Gasteiger partial charge in [0.2, 0.25) is 5.91 Å². The second-order valence-corrected chi connectivity index (χ2v) is 7.91. The predicted molar refractivity (Wildman–Crippen MR) is 114 cm³/mol. The first-order chi connectivity index (χ1) is 14.3. The minimum atomic E-state index is -0.635. The highest BCUT2D eigenvalue weighted by atomic mass is 19.1. The Morgan fingerprint density at radius 2 is 1.87 bits per heavy atom. The Hall–Kier alpha value is -2.89. The number of hydrogen-bond donors (Lipinski definition) is 1. The molecule has 0 aliphatic carbocycles. The number of rotatable bonds is 6. The third kappa shape index (κ3) is 4.64. The summed E-state index contributed by atoms with van der Waals surface area (Å²) in [4.78, 5) is 26.9. The van der Waals surface area contributed by atoms with E-state index in [1.165, 1.54) is 12.1 Å². The molecule has 1 heterocycles. The number of hydrogen-bond acceptors (Lipinski definition) is 3. The van der Waals surface area contributed by atoms with Crippen molar-refractivity contribution in [3.8, 4) is 5.75 Å². The molecule has 0 radical (unpaired) electrons. The highest BCUT2D eigenvalue weighted by Gasteiger charge is 2.33. The molecule has 30 heavy (non-hydrogen) atoms. The second kappa shape index (κ2) is 9.28. The first-order valence-electron chi connectivity index (χ1n) is 10.4. The Balaban J connectivity index is 2.00. The smallest absolute Gasteiger partial charge is 0.260 e. The highest BCUT2D eigenvalue weighted by molar-refractivity contribution is 5.81. The molecule has 1 aliphatic heterocycles. The third-order valence-electron chi connectivity index (χ3n) is 5.34. The molecule has 5 nitrogen and oxygen atoms in total. The number of nitrogens with one attached hydrogen (secondary N) is 1. The van der Waals surface area contributed by atoms with Crippen LogP contribution < -0.4 is 10.1 Å². The number of ether oxygens (including phenoxy) is 1. The summed E-state index contributed by atoms with van der Waals surface area (Å²) in [7, 11) is 0. The van der Waals surface area contributed by atoms with Gasteiger partial charge in [0.05, 0.1) is 6.04 Å². The molecule has 2 aromatic carbocycles. The molecule has 2 aromatic rings. The number of amides is 2. The van der Waals surface area contributed by atoms with Crippen LogP contribution in [0.15, 0.2) is 42.5 Å². The molecule has 0 bridgehead atoms. The predicted octanol–water partition coefficient (Wildman–Crippen LogP) is 3.86. The van der Waals surface area contributed by atoms with Crippen LogP contribution in [0.5, 0.6) is 5.75 Å². The van der Waals surface area contributed by atoms with E-state index in [-0.39, 0.29) is 29.6 Å². The maximum atomic E-state index is 13.5. The van der Waals surface area contributed by atoms with Gasteiger partial charge in [0.1, 0.15) is 11.6 Å². The Labute approximate surface area is 177 Å². The van der Waals surface area contributed by atoms with E-state index in [2.05, 4.69) is 5.32 Å². The first-order valence-corrected chi connectivity index (χ1v) is 10.4. The van der Waals surface area contributed by atoms with Crippen molar-refractivity contribution < 1.29 is 18.7 Å². The lowest BCUT2D eigenvalue weighted by Gasteiger charge is -2.39. The van der Waals surface area contributed by atoms with Crippen molar-refractivity contribution in [2.75, 3.05) is 13.1 Å². The van der Waals surface area contributed by atoms with Crippen molar-refractivity contribution in [2.45, 2.75) is 46.3 Å². The van der Waals surface area contributed by atoms with E-state index in [1.807, 2.05) is 43.9 Å². The molecule has 2 unspecified atom stereocenters. The molecule has 2 atom stereocenters. The molecule has 1 N–H and O–H groups in total. The second-order valence-electron chi connectivity index (χ2n) is 7.91. The summed E-state index contributed by atoms with van der Waals surface area (Å²) in [6.45, 7) is 8.46. The summed E-state index contributed by atoms with van der Waals surface area (Å²) < 4.78 is 19.4. The van der Waals surface area contributed by atoms with Gasteiger partial charge in [-0.15, -0.1) is 0 Å². The molecular formula is C24H29FN2O3. The van der Waals surface area contributed by atoms with Gasteiger partial charge in [0.15, 0.2) is 6.10 Å². The number of carbonyl (C=O) groups excluding carboxylic acids is 2. The maximum absolute atomic E-state index is 13.5. The third-order valence-corrected chi connectivity index (χ3v) is 5.34. The highest BCUT2D eigenvalue weighted by Crippen LogP contribution is 2.38. The standard InChI is InChI=1S/C24H29FN2O3/c1-5-26-23(28)16(4)30-20-11-8-17-12-13-27(24(29)15(2)3)22(21(17)14-20)18-6-9-19(25)10-7-18/h6-11,14-16,22H,5,12-13H2,1-4H3,(H,26,28). The van der Waals surface area contributed by atoms with Gasteiger partial charge < -0.3 is 15.0 Å². The van der Waals surface area contributed by atoms with Crippen LogP contribution in [0.1, 0.15) is 50.4 Å². The SMILES string of the molecule is CCNC(=O)C(C)Oc1ccc2c(c1)C(c1ccc(F)cc1)N(C(=O)C(C)C)CC2. The molecule has 0 saturated heterocycles. The number of likely N-dealkylation sites (N-methyl/N-ethyl adjacent to an activating group) is 1. The van der Waals surface area contributed by atoms with Gasteiger partial charge in [-0.2, -0.15) is 0 Å². The van der Waals surface area contributed by atoms with E-state index in [1.54, 1.807) is 19.1 Å². The van der Waals surface area contributed by atoms with Crippen molar-refractivity contribution >= 4 is 11.8 Å². The van der Waals surface area contributed by atoms with Gasteiger partial charge >= 0.3 is 0 Å². The fourth-order valence-corrected chi connectivity index (χ4v) is 3.82. The average molecular weight is 413 g/mol. The Morgan fingerprint density at radius 3 is 2.50 bits per heavy atom. The molecule has 3 rings (SSSR count). The van der Waals surface area contributed by atoms with Crippen LogP contribution >= 0.6 is 0 Å². The molecule has 0 fully saturated rings. The van der Waals surface area contributed by atoms with Gasteiger partial charge in [0.25, 0.3) is 5.91 Å². The van der Waals surface area contributed by atoms with Crippen LogP contribution in [-0.2, 0) is 16.0 Å². The van der Waals surface area contributed by atoms with E-state index < -0.39 is 6.10 Å². The van der Waals surface area contributed by atoms with Gasteiger partial charge in [-0.25, -0.2) is 4.39 Å². The van der Waals surface area contributed by atoms with Crippen LogP contribution in [0.4, 0.5) is 4.39 Å². The maximum Gasteiger partial charge on any atom is 0.260 e. The Bertz CT molecular complexity index is 911. The Morgan fingerprint density at radius 1 is 1.17 bits per heavy atom. The van der Waals surface area contributed by atoms with Gasteiger partial charge in [-0.05, 0) is 61.2 Å². The quantitative estimate of drug-likeness (QED) is 0.784. The molecular weight excluding hydrogens is 383 g/mol. The van der Waals surface area contributed by atoms with Crippen molar-refractivity contribution in [1.29, 1.82) is 0 Å². The molecule has 0 saturated carbocycles. The van der Waals surface area contributed by atoms with Crippen molar-refractivity contribution in [2.24, 2.45) is 5.92 Å². The minimum Gasteiger partial charge on any atom is -0.481 e. The average Bonchev–Trinajstić information content (AvgIpc) is 2.73. The van der Waals surface area contributed by atoms with Crippen LogP contribution in [0.25, 0.3) is 0 Å². The van der Waals surface area contributed by atoms with E-state index in [4.69, 9.17) is 4.74 Å². The van der Waals surface area contributed by atoms with Gasteiger partial charge in [-0.3, -0.25) is 9.59 Å². The van der Waals surface area contributed by atoms with Crippen LogP contribution in [0, 0.1) is 11.7 Å². The molecule has 0 aromatic heterocycles. The molecule has 160 valence electrons. The summed E-state index contributed by atoms with van der Waals surface area (Å²) in [6, 6.07) is 11.7. The molecule has 6 heteroatoms. The monoisotopic (exact) mass is 412 g/mol. The largest absolute Gasteiger partial charge is 0.481 e. The summed E-state index contributed by atoms with van der Waals surface area (Å²) in [5, 5.41) is 2.75. The van der Waals surface area contributed by atoms with E-state index in [0.29, 0.717) is 18.8 Å². The summed E-state index contributed by atoms with van der Waals surface area (Å²) in [5.74, 6) is -0.0200. The fourth-order valence-electron chi connectivity index (χ4n) is 3.82. The van der Waals surface area contributed by atoms with Crippen molar-refractivity contribution in [3.63, 3.8) is 0 Å². The normalized spacial score (nSPS) is 16.7. The Kier molecular flexibility index (Phi) is 6.75. The first kappa shape index (κ1) is 21.8. The van der Waals surface area contributed by atoms with Crippen LogP contribution in [0.3, 0.4) is 0 Å². The van der Waals surface area contributed by atoms with Crippen molar-refractivity contribution in [1.82, 2.24) is 10.2 Å². The number of nitrogens with zero attached hydrogens (tertiary/aromatic N) is 1. The zero-order valence-electron chi connectivity index (χ0n) is 17.9. The summed E-state index contributed by atoms with van der Waals surface area (Å²) >= 11 is 0. The fraction of sp³-hybridized carbons (Fsp3) is 0.417. The zero-order chi connectivity index (χ0) is 21.8. The van der Waals surface area contributed by atoms with Crippen molar-refractivity contribution in [3.05, 3.63) is 65.0 Å². The number of benzene rings is 2. The minimum absolute atomic E-state index is 0.0528. The molecule has 1 aliphatic rings. The zero-order valence-corrected chi connectivity index (χ0v) is 17.9. The van der Waals surface area contributed by atoms with E-state index in [9.17, 15) is 14.0 Å². The van der Waals surface area contributed by atoms with Crippen LogP contribution in [0.2, 0.25) is 0 Å². The summed E-state index contributed by atoms with van der Waals surface area (Å²) in [6.07, 6.45) is 0.0988. The topological polar surface area (TPSA) is 58.6 Å². The molecule has 2 amide bonds. The van der Waals surface area contributed by atoms with E-state index >= 15 is 0 Å². The van der Waals surface area contributed by atoms with Crippen LogP contribution in [-0.4, -0.2) is 35.9 Å². The van der Waals surface area contributed by atoms with Gasteiger partial charge in [-0.1, -0.05) is 32.0 Å². The number of carbonyl (C=O) groups is 2. The number of fused-ring (bicyclic) bond motifs is 1. The van der Waals surface area contributed by atoms with E-state index in [0.717, 1.165) is 23.1 Å². The summed E-state index contributed by atoms with van der Waals surface area (Å²) in [5.41, 5.74) is 2.91. The number of halogens is 1. The lowest BCUT2D eigenvalue weighted by atomic mass is 9.87. The lowest BCUT2D eigenvalue weighted by Crippen LogP contribution is -2.42. The van der Waals surface area contributed by atoms with Gasteiger partial charge in [0, 0.05) is 19.0 Å².